The lowest BCUT2D eigenvalue weighted by Gasteiger charge is -2.38. The van der Waals surface area contributed by atoms with Gasteiger partial charge in [0.05, 0.1) is 5.25 Å². The van der Waals surface area contributed by atoms with Crippen molar-refractivity contribution in [2.75, 3.05) is 6.26 Å². The van der Waals surface area contributed by atoms with Crippen molar-refractivity contribution >= 4 is 15.7 Å². The third-order valence-corrected chi connectivity index (χ3v) is 7.98. The van der Waals surface area contributed by atoms with Gasteiger partial charge in [-0.25, -0.2) is 8.42 Å². The van der Waals surface area contributed by atoms with Crippen LogP contribution in [-0.2, 0) is 27.7 Å². The second-order valence-corrected chi connectivity index (χ2v) is 10.9. The number of piperidine rings is 1. The molecule has 2 aliphatic heterocycles. The topological polar surface area (TPSA) is 63.7 Å². The number of nitrogens with zero attached hydrogens (tertiary/aromatic N) is 1. The first-order chi connectivity index (χ1) is 14.4. The second-order valence-electron chi connectivity index (χ2n) is 8.53. The molecule has 0 saturated carbocycles. The highest BCUT2D eigenvalue weighted by molar-refractivity contribution is 7.91. The number of rotatable bonds is 7. The minimum absolute atomic E-state index is 0.0877. The molecule has 2 fully saturated rings. The smallest absolute Gasteiger partial charge is 0.223 e. The van der Waals surface area contributed by atoms with E-state index in [1.807, 2.05) is 59.5 Å². The second kappa shape index (κ2) is 8.80. The number of hydrogen-bond acceptors (Lipinski definition) is 4. The maximum absolute atomic E-state index is 12.9. The number of ether oxygens (including phenoxy) is 1. The van der Waals surface area contributed by atoms with E-state index in [9.17, 15) is 13.2 Å². The number of fused-ring (bicyclic) bond motifs is 2. The minimum Gasteiger partial charge on any atom is -0.489 e. The van der Waals surface area contributed by atoms with Gasteiger partial charge < -0.3 is 9.64 Å². The third-order valence-electron chi connectivity index (χ3n) is 6.38. The van der Waals surface area contributed by atoms with Crippen molar-refractivity contribution in [2.45, 2.75) is 62.5 Å². The van der Waals surface area contributed by atoms with E-state index in [0.717, 1.165) is 29.7 Å². The molecule has 2 heterocycles. The highest BCUT2D eigenvalue weighted by Crippen LogP contribution is 2.38. The van der Waals surface area contributed by atoms with Crippen LogP contribution >= 0.6 is 0 Å². The lowest BCUT2D eigenvalue weighted by molar-refractivity contribution is -0.135. The van der Waals surface area contributed by atoms with Gasteiger partial charge >= 0.3 is 0 Å². The average Bonchev–Trinajstić information content (AvgIpc) is 3.00. The molecule has 2 atom stereocenters. The van der Waals surface area contributed by atoms with Gasteiger partial charge in [0, 0.05) is 24.8 Å². The van der Waals surface area contributed by atoms with Crippen molar-refractivity contribution in [1.82, 2.24) is 4.90 Å². The van der Waals surface area contributed by atoms with Crippen LogP contribution in [0, 0.1) is 0 Å². The zero-order chi connectivity index (χ0) is 21.1. The van der Waals surface area contributed by atoms with Gasteiger partial charge in [-0.2, -0.15) is 0 Å². The molecule has 1 amide bonds. The molecular weight excluding hydrogens is 398 g/mol. The monoisotopic (exact) mass is 427 g/mol. The van der Waals surface area contributed by atoms with Gasteiger partial charge in [0.25, 0.3) is 0 Å². The van der Waals surface area contributed by atoms with Crippen LogP contribution < -0.4 is 4.74 Å². The summed E-state index contributed by atoms with van der Waals surface area (Å²) in [6, 6.07) is 18.1. The van der Waals surface area contributed by atoms with Gasteiger partial charge in [0.1, 0.15) is 22.2 Å². The quantitative estimate of drug-likeness (QED) is 0.675. The molecule has 2 saturated heterocycles. The zero-order valence-corrected chi connectivity index (χ0v) is 18.2. The third kappa shape index (κ3) is 4.86. The van der Waals surface area contributed by atoms with E-state index in [4.69, 9.17) is 4.74 Å². The molecule has 5 nitrogen and oxygen atoms in total. The maximum Gasteiger partial charge on any atom is 0.223 e. The normalized spacial score (nSPS) is 23.4. The Kier molecular flexibility index (Phi) is 6.14. The Bertz CT molecular complexity index is 958. The van der Waals surface area contributed by atoms with Crippen LogP contribution in [0.4, 0.5) is 0 Å². The summed E-state index contributed by atoms with van der Waals surface area (Å²) in [5, 5.41) is -0.289. The Morgan fingerprint density at radius 2 is 1.60 bits per heavy atom. The number of aryl methyl sites for hydroxylation is 1. The fraction of sp³-hybridized carbons (Fsp3) is 0.458. The Hall–Kier alpha value is -2.34. The lowest BCUT2D eigenvalue weighted by atomic mass is 10.0. The van der Waals surface area contributed by atoms with Crippen molar-refractivity contribution in [3.63, 3.8) is 0 Å². The summed E-state index contributed by atoms with van der Waals surface area (Å²) in [4.78, 5) is 14.9. The Morgan fingerprint density at radius 1 is 0.967 bits per heavy atom. The largest absolute Gasteiger partial charge is 0.489 e. The lowest BCUT2D eigenvalue weighted by Crippen LogP contribution is -2.49. The van der Waals surface area contributed by atoms with Crippen molar-refractivity contribution in [3.05, 3.63) is 65.7 Å². The summed E-state index contributed by atoms with van der Waals surface area (Å²) < 4.78 is 29.7. The fourth-order valence-electron chi connectivity index (χ4n) is 4.76. The minimum atomic E-state index is -3.03. The predicted octanol–water partition coefficient (Wildman–Crippen LogP) is 3.76. The number of hydrogen-bond donors (Lipinski definition) is 0. The summed E-state index contributed by atoms with van der Waals surface area (Å²) >= 11 is 0. The number of carbonyl (C=O) groups excluding carboxylic acids is 1. The van der Waals surface area contributed by atoms with E-state index >= 15 is 0 Å². The van der Waals surface area contributed by atoms with Gasteiger partial charge in [0.2, 0.25) is 5.91 Å². The molecule has 0 radical (unpaired) electrons. The van der Waals surface area contributed by atoms with E-state index in [1.54, 1.807) is 0 Å². The average molecular weight is 428 g/mol. The zero-order valence-electron chi connectivity index (χ0n) is 17.4. The van der Waals surface area contributed by atoms with Crippen molar-refractivity contribution in [2.24, 2.45) is 0 Å². The number of sulfone groups is 1. The molecule has 2 bridgehead atoms. The van der Waals surface area contributed by atoms with Crippen LogP contribution in [0.3, 0.4) is 0 Å². The van der Waals surface area contributed by atoms with Gasteiger partial charge in [-0.3, -0.25) is 4.79 Å². The molecule has 2 aromatic carbocycles. The molecule has 2 aliphatic rings. The first-order valence-electron chi connectivity index (χ1n) is 10.7. The molecule has 2 aromatic rings. The maximum atomic E-state index is 12.9. The van der Waals surface area contributed by atoms with Crippen LogP contribution in [0.25, 0.3) is 0 Å². The van der Waals surface area contributed by atoms with Crippen molar-refractivity contribution in [3.8, 4) is 5.75 Å². The molecule has 30 heavy (non-hydrogen) atoms. The van der Waals surface area contributed by atoms with Gasteiger partial charge in [0.15, 0.2) is 0 Å². The van der Waals surface area contributed by atoms with Crippen LogP contribution in [-0.4, -0.2) is 42.8 Å². The highest BCUT2D eigenvalue weighted by atomic mass is 32.2. The molecule has 0 spiro atoms. The summed E-state index contributed by atoms with van der Waals surface area (Å²) in [7, 11) is -3.03. The van der Waals surface area contributed by atoms with E-state index in [2.05, 4.69) is 0 Å². The van der Waals surface area contributed by atoms with E-state index < -0.39 is 9.84 Å². The molecule has 160 valence electrons. The molecule has 0 aliphatic carbocycles. The Morgan fingerprint density at radius 3 is 2.20 bits per heavy atom. The standard InChI is InChI=1S/C24H29NO4S/c1-30(27,28)23-15-20-10-11-21(16-23)25(20)24(26)14-9-18-7-12-22(13-8-18)29-17-19-5-3-2-4-6-19/h2-8,12-13,20-21,23H,9-11,14-17H2,1H3. The summed E-state index contributed by atoms with van der Waals surface area (Å²) in [6.45, 7) is 0.533. The molecular formula is C24H29NO4S. The number of carbonyl (C=O) groups is 1. The summed E-state index contributed by atoms with van der Waals surface area (Å²) in [5.41, 5.74) is 2.23. The van der Waals surface area contributed by atoms with E-state index in [0.29, 0.717) is 32.3 Å². The van der Waals surface area contributed by atoms with Crippen LogP contribution in [0.5, 0.6) is 5.75 Å². The van der Waals surface area contributed by atoms with E-state index in [1.165, 1.54) is 6.26 Å². The molecule has 0 aromatic heterocycles. The van der Waals surface area contributed by atoms with Crippen LogP contribution in [0.15, 0.2) is 54.6 Å². The molecule has 4 rings (SSSR count). The van der Waals surface area contributed by atoms with Crippen molar-refractivity contribution in [1.29, 1.82) is 0 Å². The summed E-state index contributed by atoms with van der Waals surface area (Å²) in [5.74, 6) is 0.966. The van der Waals surface area contributed by atoms with Gasteiger partial charge in [-0.05, 0) is 55.4 Å². The SMILES string of the molecule is CS(=O)(=O)C1CC2CCC(C1)N2C(=O)CCc1ccc(OCc2ccccc2)cc1. The number of amides is 1. The first-order valence-corrected chi connectivity index (χ1v) is 12.6. The Labute approximate surface area is 179 Å². The predicted molar refractivity (Wildman–Crippen MR) is 117 cm³/mol. The highest BCUT2D eigenvalue weighted by Gasteiger charge is 2.45. The molecule has 2 unspecified atom stereocenters. The molecule has 6 heteroatoms. The fourth-order valence-corrected chi connectivity index (χ4v) is 5.90. The van der Waals surface area contributed by atoms with Gasteiger partial charge in [-0.15, -0.1) is 0 Å². The Balaban J connectivity index is 1.28. The first kappa shape index (κ1) is 20.9. The van der Waals surface area contributed by atoms with E-state index in [-0.39, 0.29) is 23.2 Å². The van der Waals surface area contributed by atoms with Crippen molar-refractivity contribution < 1.29 is 17.9 Å². The number of benzene rings is 2. The van der Waals surface area contributed by atoms with Gasteiger partial charge in [-0.1, -0.05) is 42.5 Å². The van der Waals surface area contributed by atoms with Crippen LogP contribution in [0.1, 0.15) is 43.2 Å². The van der Waals surface area contributed by atoms with Crippen LogP contribution in [0.2, 0.25) is 0 Å². The summed E-state index contributed by atoms with van der Waals surface area (Å²) in [6.07, 6.45) is 5.50. The molecule has 0 N–H and O–H groups in total.